The quantitative estimate of drug-likeness (QED) is 0.577. The van der Waals surface area contributed by atoms with Crippen LogP contribution in [0.5, 0.6) is 0 Å². The fraction of sp³-hybridized carbons (Fsp3) is 0.235. The van der Waals surface area contributed by atoms with E-state index in [4.69, 9.17) is 5.73 Å². The molecule has 124 valence electrons. The largest absolute Gasteiger partial charge is 0.505 e. The number of rotatable bonds is 5. The van der Waals surface area contributed by atoms with Crippen molar-refractivity contribution >= 4 is 28.5 Å². The van der Waals surface area contributed by atoms with Gasteiger partial charge in [0.25, 0.3) is 0 Å². The van der Waals surface area contributed by atoms with Gasteiger partial charge in [-0.3, -0.25) is 4.79 Å². The zero-order valence-corrected chi connectivity index (χ0v) is 13.4. The van der Waals surface area contributed by atoms with E-state index < -0.39 is 0 Å². The topological polar surface area (TPSA) is 105 Å². The van der Waals surface area contributed by atoms with Crippen LogP contribution >= 0.6 is 0 Å². The van der Waals surface area contributed by atoms with Gasteiger partial charge < -0.3 is 16.2 Å². The number of aliphatic hydroxyl groups excluding tert-OH is 1. The Kier molecular flexibility index (Phi) is 4.43. The van der Waals surface area contributed by atoms with Crippen molar-refractivity contribution < 1.29 is 9.90 Å². The summed E-state index contributed by atoms with van der Waals surface area (Å²) in [6.45, 7) is 2.83. The Balaban J connectivity index is 2.07. The number of anilines is 1. The Morgan fingerprint density at radius 1 is 1.38 bits per heavy atom. The number of nitrogens with zero attached hydrogens (tertiary/aromatic N) is 3. The molecule has 0 bridgehead atoms. The fourth-order valence-corrected chi connectivity index (χ4v) is 2.40. The minimum Gasteiger partial charge on any atom is -0.505 e. The zero-order valence-electron chi connectivity index (χ0n) is 13.4. The number of carbonyl (C=O) groups excluding carboxylic acids is 1. The molecule has 1 aliphatic rings. The molecule has 2 heterocycles. The minimum atomic E-state index is -0.215. The molecule has 0 aromatic carbocycles. The summed E-state index contributed by atoms with van der Waals surface area (Å²) < 4.78 is 1.72. The van der Waals surface area contributed by atoms with Crippen LogP contribution < -0.4 is 11.1 Å². The van der Waals surface area contributed by atoms with Gasteiger partial charge in [-0.2, -0.15) is 0 Å². The first-order chi connectivity index (χ1) is 11.6. The number of aliphatic imine (C=N–C) groups is 1. The van der Waals surface area contributed by atoms with E-state index in [1.165, 1.54) is 12.2 Å². The summed E-state index contributed by atoms with van der Waals surface area (Å²) in [6, 6.07) is 5.67. The second-order valence-electron chi connectivity index (χ2n) is 5.46. The Bertz CT molecular complexity index is 876. The maximum Gasteiger partial charge on any atom is 0.185 e. The number of hydrogen-bond acceptors (Lipinski definition) is 6. The van der Waals surface area contributed by atoms with Gasteiger partial charge in [-0.15, -0.1) is 5.10 Å². The lowest BCUT2D eigenvalue weighted by Gasteiger charge is -2.09. The van der Waals surface area contributed by atoms with Gasteiger partial charge in [-0.1, -0.05) is 6.07 Å². The van der Waals surface area contributed by atoms with Crippen molar-refractivity contribution in [3.63, 3.8) is 0 Å². The molecule has 0 aliphatic heterocycles. The van der Waals surface area contributed by atoms with Crippen molar-refractivity contribution in [3.8, 4) is 0 Å². The van der Waals surface area contributed by atoms with Crippen LogP contribution in [-0.2, 0) is 4.79 Å². The highest BCUT2D eigenvalue weighted by molar-refractivity contribution is 6.21. The van der Waals surface area contributed by atoms with Crippen LogP contribution in [0.2, 0.25) is 0 Å². The number of aliphatic hydroxyl groups is 1. The van der Waals surface area contributed by atoms with E-state index in [1.54, 1.807) is 11.4 Å². The van der Waals surface area contributed by atoms with Gasteiger partial charge in [0.1, 0.15) is 17.2 Å². The highest BCUT2D eigenvalue weighted by Crippen LogP contribution is 2.31. The van der Waals surface area contributed by atoms with E-state index in [0.717, 1.165) is 11.9 Å². The number of pyridine rings is 1. The summed E-state index contributed by atoms with van der Waals surface area (Å²) in [7, 11) is 0. The molecule has 2 aromatic rings. The van der Waals surface area contributed by atoms with Gasteiger partial charge in [-0.25, -0.2) is 9.51 Å². The molecule has 4 N–H and O–H groups in total. The Morgan fingerprint density at radius 3 is 3.00 bits per heavy atom. The molecule has 7 heteroatoms. The maximum atomic E-state index is 11.6. The Morgan fingerprint density at radius 2 is 2.21 bits per heavy atom. The van der Waals surface area contributed by atoms with E-state index in [9.17, 15) is 9.90 Å². The highest BCUT2D eigenvalue weighted by atomic mass is 16.3. The molecule has 0 fully saturated rings. The average Bonchev–Trinajstić information content (AvgIpc) is 2.93. The van der Waals surface area contributed by atoms with Gasteiger partial charge in [0.05, 0.1) is 5.52 Å². The van der Waals surface area contributed by atoms with Gasteiger partial charge in [0.2, 0.25) is 0 Å². The van der Waals surface area contributed by atoms with Gasteiger partial charge in [0, 0.05) is 18.3 Å². The van der Waals surface area contributed by atoms with Crippen molar-refractivity contribution in [3.05, 3.63) is 47.9 Å². The number of nitrogens with one attached hydrogen (secondary N) is 1. The summed E-state index contributed by atoms with van der Waals surface area (Å²) in [4.78, 5) is 16.1. The number of carbonyl (C=O) groups is 1. The Labute approximate surface area is 139 Å². The van der Waals surface area contributed by atoms with Crippen LogP contribution in [0.1, 0.15) is 13.3 Å². The van der Waals surface area contributed by atoms with Gasteiger partial charge in [-0.05, 0) is 44.2 Å². The molecule has 7 nitrogen and oxygen atoms in total. The maximum absolute atomic E-state index is 11.6. The first kappa shape index (κ1) is 15.9. The number of allylic oxidation sites excluding steroid dienone is 3. The summed E-state index contributed by atoms with van der Waals surface area (Å²) in [5.74, 6) is 0.288. The summed E-state index contributed by atoms with van der Waals surface area (Å²) in [6.07, 6.45) is 5.55. The molecule has 2 aromatic heterocycles. The van der Waals surface area contributed by atoms with Crippen molar-refractivity contribution in [2.24, 2.45) is 10.7 Å². The van der Waals surface area contributed by atoms with Crippen molar-refractivity contribution in [2.75, 3.05) is 18.4 Å². The first-order valence-electron chi connectivity index (χ1n) is 7.74. The first-order valence-corrected chi connectivity index (χ1v) is 7.74. The molecule has 0 radical (unpaired) electrons. The lowest BCUT2D eigenvalue weighted by molar-refractivity contribution is -0.111. The average molecular weight is 325 g/mol. The van der Waals surface area contributed by atoms with E-state index in [0.29, 0.717) is 30.3 Å². The molecular formula is C17H19N5O2. The molecule has 0 amide bonds. The molecule has 0 saturated carbocycles. The summed E-state index contributed by atoms with van der Waals surface area (Å²) >= 11 is 0. The van der Waals surface area contributed by atoms with E-state index in [-0.39, 0.29) is 17.1 Å². The number of ketones is 1. The van der Waals surface area contributed by atoms with Crippen molar-refractivity contribution in [1.29, 1.82) is 0 Å². The monoisotopic (exact) mass is 325 g/mol. The van der Waals surface area contributed by atoms with Crippen LogP contribution in [-0.4, -0.2) is 39.3 Å². The number of fused-ring (bicyclic) bond motifs is 1. The van der Waals surface area contributed by atoms with Crippen molar-refractivity contribution in [2.45, 2.75) is 13.3 Å². The number of aromatic nitrogens is 2. The number of nitrogens with two attached hydrogens (primary N) is 1. The van der Waals surface area contributed by atoms with Gasteiger partial charge in [0.15, 0.2) is 11.6 Å². The molecule has 1 aliphatic carbocycles. The lowest BCUT2D eigenvalue weighted by Crippen LogP contribution is -2.12. The van der Waals surface area contributed by atoms with E-state index in [2.05, 4.69) is 15.4 Å². The molecule has 24 heavy (non-hydrogen) atoms. The van der Waals surface area contributed by atoms with Crippen LogP contribution in [0.4, 0.5) is 11.5 Å². The van der Waals surface area contributed by atoms with E-state index in [1.807, 2.05) is 24.4 Å². The normalized spacial score (nSPS) is 16.4. The van der Waals surface area contributed by atoms with Crippen molar-refractivity contribution in [1.82, 2.24) is 9.61 Å². The summed E-state index contributed by atoms with van der Waals surface area (Å²) in [5.41, 5.74) is 7.57. The highest BCUT2D eigenvalue weighted by Gasteiger charge is 2.19. The predicted molar refractivity (Wildman–Crippen MR) is 93.9 cm³/mol. The molecule has 0 saturated heterocycles. The van der Waals surface area contributed by atoms with Crippen LogP contribution in [0.3, 0.4) is 0 Å². The Hall–Kier alpha value is -2.93. The zero-order chi connectivity index (χ0) is 17.1. The third-order valence-electron chi connectivity index (χ3n) is 3.78. The molecular weight excluding hydrogens is 306 g/mol. The third-order valence-corrected chi connectivity index (χ3v) is 3.78. The molecule has 3 rings (SSSR count). The number of hydrogen-bond donors (Lipinski definition) is 3. The lowest BCUT2D eigenvalue weighted by atomic mass is 10.0. The minimum absolute atomic E-state index is 0.106. The van der Waals surface area contributed by atoms with Crippen LogP contribution in [0, 0.1) is 0 Å². The fourth-order valence-electron chi connectivity index (χ4n) is 2.40. The van der Waals surface area contributed by atoms with Gasteiger partial charge >= 0.3 is 0 Å². The third kappa shape index (κ3) is 2.93. The van der Waals surface area contributed by atoms with Crippen LogP contribution in [0.15, 0.2) is 52.9 Å². The second-order valence-corrected chi connectivity index (χ2v) is 5.46. The SMILES string of the molecule is CC1=C(O)/C(=N/c2c(NCCCN)nn3ccccc23)C=CC1=O. The predicted octanol–water partition coefficient (Wildman–Crippen LogP) is 2.14. The summed E-state index contributed by atoms with van der Waals surface area (Å²) in [5, 5.41) is 17.9. The smallest absolute Gasteiger partial charge is 0.185 e. The molecule has 0 unspecified atom stereocenters. The van der Waals surface area contributed by atoms with E-state index >= 15 is 0 Å². The second kappa shape index (κ2) is 6.67. The standard InChI is InChI=1S/C17H19N5O2/c1-11-14(23)7-6-12(16(11)24)20-15-13-5-2-3-10-22(13)21-17(15)19-9-4-8-18/h2-3,5-7,10,24H,4,8-9,18H2,1H3,(H,19,21)/b20-12+. The van der Waals surface area contributed by atoms with Crippen LogP contribution in [0.25, 0.3) is 5.52 Å². The molecule has 0 spiro atoms. The molecule has 0 atom stereocenters.